The fraction of sp³-hybridized carbons (Fsp3) is 0. The summed E-state index contributed by atoms with van der Waals surface area (Å²) in [5, 5.41) is 29.1. The zero-order valence-electron chi connectivity index (χ0n) is 16.9. The van der Waals surface area contributed by atoms with Gasteiger partial charge in [0.15, 0.2) is 0 Å². The number of amides is 3. The normalized spacial score (nSPS) is 10.4. The summed E-state index contributed by atoms with van der Waals surface area (Å²) in [5.74, 6) is -3.05. The summed E-state index contributed by atoms with van der Waals surface area (Å²) in [6.07, 6.45) is 0.953. The first-order chi connectivity index (χ1) is 15.8. The number of aromatic hydroxyl groups is 1. The number of non-ortho nitro benzene ring substituents is 1. The number of phenolic OH excluding ortho intramolecular Hbond substituents is 1. The van der Waals surface area contributed by atoms with Crippen LogP contribution in [0.15, 0.2) is 77.9 Å². The fourth-order valence-electron chi connectivity index (χ4n) is 2.66. The van der Waals surface area contributed by atoms with Crippen molar-refractivity contribution in [2.75, 3.05) is 10.6 Å². The molecule has 11 nitrogen and oxygen atoms in total. The number of nitrogens with one attached hydrogen (secondary N) is 3. The van der Waals surface area contributed by atoms with Crippen LogP contribution in [0.5, 0.6) is 5.75 Å². The van der Waals surface area contributed by atoms with Gasteiger partial charge in [-0.2, -0.15) is 5.10 Å². The zero-order chi connectivity index (χ0) is 23.8. The van der Waals surface area contributed by atoms with E-state index in [1.807, 2.05) is 5.43 Å². The molecular formula is C22H17N5O6. The van der Waals surface area contributed by atoms with Crippen molar-refractivity contribution >= 4 is 41.0 Å². The van der Waals surface area contributed by atoms with Gasteiger partial charge in [0, 0.05) is 23.4 Å². The first-order valence-corrected chi connectivity index (χ1v) is 9.42. The third kappa shape index (κ3) is 5.98. The first kappa shape index (κ1) is 22.6. The maximum Gasteiger partial charge on any atom is 0.329 e. The van der Waals surface area contributed by atoms with Gasteiger partial charge in [0.25, 0.3) is 11.6 Å². The molecule has 3 amide bonds. The summed E-state index contributed by atoms with van der Waals surface area (Å²) >= 11 is 0. The van der Waals surface area contributed by atoms with Crippen LogP contribution in [0.2, 0.25) is 0 Å². The highest BCUT2D eigenvalue weighted by atomic mass is 16.6. The fourth-order valence-corrected chi connectivity index (χ4v) is 2.66. The SMILES string of the molecule is O=C(N/N=C\c1cc([N+](=O)[O-])ccc1O)C(=O)Nc1ccccc1C(=O)Nc1ccccc1. The molecule has 0 atom stereocenters. The lowest BCUT2D eigenvalue weighted by molar-refractivity contribution is -0.384. The molecule has 3 aromatic rings. The summed E-state index contributed by atoms with van der Waals surface area (Å²) in [6.45, 7) is 0. The molecule has 3 aromatic carbocycles. The van der Waals surface area contributed by atoms with E-state index >= 15 is 0 Å². The van der Waals surface area contributed by atoms with Crippen molar-refractivity contribution < 1.29 is 24.4 Å². The minimum atomic E-state index is -1.16. The van der Waals surface area contributed by atoms with Crippen molar-refractivity contribution in [3.05, 3.63) is 94.0 Å². The van der Waals surface area contributed by atoms with Crippen LogP contribution in [0.1, 0.15) is 15.9 Å². The minimum absolute atomic E-state index is 0.0344. The third-order valence-electron chi connectivity index (χ3n) is 4.25. The lowest BCUT2D eigenvalue weighted by Crippen LogP contribution is -2.33. The molecule has 4 N–H and O–H groups in total. The molecule has 0 aliphatic heterocycles. The number of phenols is 1. The van der Waals surface area contributed by atoms with Gasteiger partial charge in [0.1, 0.15) is 5.75 Å². The average molecular weight is 447 g/mol. The summed E-state index contributed by atoms with van der Waals surface area (Å²) < 4.78 is 0. The number of nitro groups is 1. The molecule has 0 aliphatic carbocycles. The monoisotopic (exact) mass is 447 g/mol. The molecule has 0 fully saturated rings. The van der Waals surface area contributed by atoms with Crippen LogP contribution in [0.4, 0.5) is 17.1 Å². The van der Waals surface area contributed by atoms with Crippen LogP contribution in [0, 0.1) is 10.1 Å². The molecule has 0 spiro atoms. The molecule has 3 rings (SSSR count). The Morgan fingerprint density at radius 3 is 2.33 bits per heavy atom. The highest BCUT2D eigenvalue weighted by Crippen LogP contribution is 2.21. The van der Waals surface area contributed by atoms with Crippen LogP contribution in [0.25, 0.3) is 0 Å². The average Bonchev–Trinajstić information content (AvgIpc) is 2.81. The van der Waals surface area contributed by atoms with Gasteiger partial charge in [0.2, 0.25) is 0 Å². The van der Waals surface area contributed by atoms with Gasteiger partial charge in [-0.15, -0.1) is 0 Å². The Bertz CT molecular complexity index is 1240. The molecule has 0 unspecified atom stereocenters. The van der Waals surface area contributed by atoms with E-state index in [1.54, 1.807) is 42.5 Å². The van der Waals surface area contributed by atoms with Gasteiger partial charge in [-0.3, -0.25) is 24.5 Å². The molecule has 0 aliphatic rings. The maximum absolute atomic E-state index is 12.6. The molecule has 0 saturated carbocycles. The van der Waals surface area contributed by atoms with E-state index in [4.69, 9.17) is 0 Å². The Hall–Kier alpha value is -5.06. The topological polar surface area (TPSA) is 163 Å². The van der Waals surface area contributed by atoms with Gasteiger partial charge >= 0.3 is 11.8 Å². The van der Waals surface area contributed by atoms with Crippen molar-refractivity contribution in [3.63, 3.8) is 0 Å². The summed E-state index contributed by atoms with van der Waals surface area (Å²) in [7, 11) is 0. The van der Waals surface area contributed by atoms with E-state index in [2.05, 4.69) is 15.7 Å². The molecule has 0 aromatic heterocycles. The first-order valence-electron chi connectivity index (χ1n) is 9.42. The summed E-state index contributed by atoms with van der Waals surface area (Å²) in [4.78, 5) is 47.0. The standard InChI is InChI=1S/C22H17N5O6/c28-19-11-10-16(27(32)33)12-14(19)13-23-26-22(31)21(30)25-18-9-5-4-8-17(18)20(29)24-15-6-2-1-3-7-15/h1-13,28H,(H,24,29)(H,25,30)(H,26,31)/b23-13-. The van der Waals surface area contributed by atoms with Crippen molar-refractivity contribution in [1.82, 2.24) is 5.43 Å². The second kappa shape index (κ2) is 10.3. The Morgan fingerprint density at radius 1 is 0.909 bits per heavy atom. The smallest absolute Gasteiger partial charge is 0.329 e. The van der Waals surface area contributed by atoms with E-state index in [9.17, 15) is 29.6 Å². The molecular weight excluding hydrogens is 430 g/mol. The number of nitrogens with zero attached hydrogens (tertiary/aromatic N) is 2. The Morgan fingerprint density at radius 2 is 1.61 bits per heavy atom. The van der Waals surface area contributed by atoms with Crippen LogP contribution >= 0.6 is 0 Å². The largest absolute Gasteiger partial charge is 0.507 e. The highest BCUT2D eigenvalue weighted by molar-refractivity contribution is 6.40. The number of benzene rings is 3. The zero-order valence-corrected chi connectivity index (χ0v) is 16.9. The van der Waals surface area contributed by atoms with Crippen LogP contribution in [-0.4, -0.2) is 34.0 Å². The van der Waals surface area contributed by atoms with Gasteiger partial charge in [-0.05, 0) is 30.3 Å². The number of hydrogen-bond donors (Lipinski definition) is 4. The second-order valence-corrected chi connectivity index (χ2v) is 6.52. The lowest BCUT2D eigenvalue weighted by Gasteiger charge is -2.11. The van der Waals surface area contributed by atoms with E-state index in [-0.39, 0.29) is 28.3 Å². The molecule has 0 radical (unpaired) electrons. The van der Waals surface area contributed by atoms with Gasteiger partial charge in [-0.25, -0.2) is 5.43 Å². The summed E-state index contributed by atoms with van der Waals surface area (Å²) in [5.41, 5.74) is 2.42. The molecule has 11 heteroatoms. The van der Waals surface area contributed by atoms with Gasteiger partial charge in [-0.1, -0.05) is 30.3 Å². The maximum atomic E-state index is 12.6. The number of rotatable bonds is 6. The highest BCUT2D eigenvalue weighted by Gasteiger charge is 2.18. The third-order valence-corrected chi connectivity index (χ3v) is 4.25. The van der Waals surface area contributed by atoms with Crippen molar-refractivity contribution in [2.45, 2.75) is 0 Å². The molecule has 166 valence electrons. The van der Waals surface area contributed by atoms with Gasteiger partial charge < -0.3 is 15.7 Å². The van der Waals surface area contributed by atoms with E-state index in [0.29, 0.717) is 5.69 Å². The Balaban J connectivity index is 1.65. The van der Waals surface area contributed by atoms with Crippen LogP contribution < -0.4 is 16.1 Å². The predicted molar refractivity (Wildman–Crippen MR) is 120 cm³/mol. The molecule has 33 heavy (non-hydrogen) atoms. The molecule has 0 bridgehead atoms. The quantitative estimate of drug-likeness (QED) is 0.196. The number of anilines is 2. The number of carbonyl (C=O) groups excluding carboxylic acids is 3. The van der Waals surface area contributed by atoms with Crippen molar-refractivity contribution in [2.24, 2.45) is 5.10 Å². The number of hydrogen-bond acceptors (Lipinski definition) is 7. The van der Waals surface area contributed by atoms with Crippen LogP contribution in [0.3, 0.4) is 0 Å². The molecule has 0 heterocycles. The number of para-hydroxylation sites is 2. The van der Waals surface area contributed by atoms with E-state index in [1.165, 1.54) is 12.1 Å². The molecule has 0 saturated heterocycles. The number of nitro benzene ring substituents is 1. The number of hydrazone groups is 1. The lowest BCUT2D eigenvalue weighted by atomic mass is 10.1. The predicted octanol–water partition coefficient (Wildman–Crippen LogP) is 2.64. The van der Waals surface area contributed by atoms with Gasteiger partial charge in [0.05, 0.1) is 22.4 Å². The second-order valence-electron chi connectivity index (χ2n) is 6.52. The Kier molecular flexibility index (Phi) is 7.06. The van der Waals surface area contributed by atoms with Crippen molar-refractivity contribution in [1.29, 1.82) is 0 Å². The number of carbonyl (C=O) groups is 3. The minimum Gasteiger partial charge on any atom is -0.507 e. The Labute approximate surface area is 186 Å². The van der Waals surface area contributed by atoms with E-state index in [0.717, 1.165) is 24.4 Å². The van der Waals surface area contributed by atoms with Crippen LogP contribution in [-0.2, 0) is 9.59 Å². The van der Waals surface area contributed by atoms with Crippen molar-refractivity contribution in [3.8, 4) is 5.75 Å². The summed E-state index contributed by atoms with van der Waals surface area (Å²) in [6, 6.07) is 18.1. The van der Waals surface area contributed by atoms with E-state index < -0.39 is 22.6 Å².